The number of nitrogens with zero attached hydrogens (tertiary/aromatic N) is 2. The summed E-state index contributed by atoms with van der Waals surface area (Å²) in [5.41, 5.74) is 0. The second-order valence-corrected chi connectivity index (χ2v) is 4.51. The molecule has 3 nitrogen and oxygen atoms in total. The van der Waals surface area contributed by atoms with Gasteiger partial charge in [-0.3, -0.25) is 4.90 Å². The topological polar surface area (TPSA) is 23.5 Å². The third-order valence-corrected chi connectivity index (χ3v) is 3.71. The van der Waals surface area contributed by atoms with E-state index in [0.29, 0.717) is 6.61 Å². The molecular weight excluding hydrogens is 244 g/mol. The molecule has 1 spiro atoms. The van der Waals surface area contributed by atoms with Crippen LogP contribution < -0.4 is 17.0 Å². The van der Waals surface area contributed by atoms with Crippen molar-refractivity contribution >= 4 is 0 Å². The average molecular weight is 265 g/mol. The second-order valence-electron chi connectivity index (χ2n) is 4.51. The normalized spacial score (nSPS) is 26.4. The number of halogens is 1. The van der Waals surface area contributed by atoms with Crippen LogP contribution in [0.2, 0.25) is 0 Å². The van der Waals surface area contributed by atoms with Gasteiger partial charge < -0.3 is 26.6 Å². The Balaban J connectivity index is 0.000000980. The molecule has 2 fully saturated rings. The van der Waals surface area contributed by atoms with Crippen LogP contribution in [0, 0.1) is 0 Å². The van der Waals surface area contributed by atoms with Crippen molar-refractivity contribution in [3.05, 3.63) is 0 Å². The Bertz CT molecular complexity index is 162. The van der Waals surface area contributed by atoms with E-state index in [2.05, 4.69) is 4.90 Å². The molecule has 2 rings (SSSR count). The molecule has 0 radical (unpaired) electrons. The van der Waals surface area contributed by atoms with Gasteiger partial charge in [0.15, 0.2) is 0 Å². The Labute approximate surface area is 97.0 Å². The van der Waals surface area contributed by atoms with Crippen LogP contribution in [0.5, 0.6) is 0 Å². The van der Waals surface area contributed by atoms with E-state index in [0.717, 1.165) is 6.54 Å². The number of piperazine rings is 1. The molecule has 0 aromatic rings. The maximum absolute atomic E-state index is 8.83. The molecule has 84 valence electrons. The zero-order valence-corrected chi connectivity index (χ0v) is 10.4. The van der Waals surface area contributed by atoms with E-state index in [1.165, 1.54) is 56.6 Å². The summed E-state index contributed by atoms with van der Waals surface area (Å²) >= 11 is 0. The highest BCUT2D eigenvalue weighted by Crippen LogP contribution is 2.21. The fraction of sp³-hybridized carbons (Fsp3) is 1.00. The van der Waals surface area contributed by atoms with Crippen molar-refractivity contribution < 1.29 is 26.6 Å². The number of quaternary nitrogens is 1. The molecule has 0 bridgehead atoms. The molecule has 2 aliphatic heterocycles. The first kappa shape index (κ1) is 12.4. The maximum atomic E-state index is 8.83. The Kier molecular flexibility index (Phi) is 4.83. The zero-order valence-electron chi connectivity index (χ0n) is 8.79. The number of aliphatic hydroxyl groups is 1. The number of aliphatic hydroxyl groups excluding tert-OH is 1. The summed E-state index contributed by atoms with van der Waals surface area (Å²) in [5.74, 6) is 0. The minimum atomic E-state index is 0. The smallest absolute Gasteiger partial charge is 0.0916 e. The maximum Gasteiger partial charge on any atom is 0.0916 e. The van der Waals surface area contributed by atoms with Crippen LogP contribution in [0.25, 0.3) is 0 Å². The predicted molar refractivity (Wildman–Crippen MR) is 52.5 cm³/mol. The molecule has 0 aromatic heterocycles. The second kappa shape index (κ2) is 5.45. The average Bonchev–Trinajstić information content (AvgIpc) is 2.59. The Hall–Kier alpha value is 0.360. The highest BCUT2D eigenvalue weighted by atomic mass is 79.9. The third-order valence-electron chi connectivity index (χ3n) is 3.71. The lowest BCUT2D eigenvalue weighted by molar-refractivity contribution is -0.920. The van der Waals surface area contributed by atoms with E-state index < -0.39 is 0 Å². The fourth-order valence-corrected chi connectivity index (χ4v) is 2.75. The molecule has 0 saturated carbocycles. The van der Waals surface area contributed by atoms with Crippen molar-refractivity contribution in [1.29, 1.82) is 0 Å². The summed E-state index contributed by atoms with van der Waals surface area (Å²) in [6.07, 6.45) is 2.86. The van der Waals surface area contributed by atoms with Gasteiger partial charge in [0.05, 0.1) is 32.8 Å². The monoisotopic (exact) mass is 264 g/mol. The van der Waals surface area contributed by atoms with Crippen LogP contribution in [-0.2, 0) is 0 Å². The summed E-state index contributed by atoms with van der Waals surface area (Å²) in [6, 6.07) is 0. The number of β-amino-alcohol motifs (C(OH)–C–C–N with tert-alkyl or cyclic N) is 1. The lowest BCUT2D eigenvalue weighted by Crippen LogP contribution is -3.00. The lowest BCUT2D eigenvalue weighted by Gasteiger charge is -2.41. The summed E-state index contributed by atoms with van der Waals surface area (Å²) < 4.78 is 1.38. The van der Waals surface area contributed by atoms with Crippen molar-refractivity contribution in [3.63, 3.8) is 0 Å². The molecule has 14 heavy (non-hydrogen) atoms. The van der Waals surface area contributed by atoms with Crippen LogP contribution >= 0.6 is 0 Å². The molecule has 2 saturated heterocycles. The van der Waals surface area contributed by atoms with E-state index in [1.807, 2.05) is 0 Å². The molecule has 0 atom stereocenters. The largest absolute Gasteiger partial charge is 1.00 e. The van der Waals surface area contributed by atoms with Crippen LogP contribution in [0.1, 0.15) is 12.8 Å². The molecule has 0 unspecified atom stereocenters. The minimum Gasteiger partial charge on any atom is -1.00 e. The summed E-state index contributed by atoms with van der Waals surface area (Å²) in [7, 11) is 0. The van der Waals surface area contributed by atoms with Crippen molar-refractivity contribution in [2.75, 3.05) is 52.4 Å². The van der Waals surface area contributed by atoms with E-state index >= 15 is 0 Å². The van der Waals surface area contributed by atoms with Gasteiger partial charge in [0.1, 0.15) is 0 Å². The van der Waals surface area contributed by atoms with Gasteiger partial charge in [-0.25, -0.2) is 0 Å². The summed E-state index contributed by atoms with van der Waals surface area (Å²) in [5, 5.41) is 8.83. The molecule has 2 aliphatic rings. The van der Waals surface area contributed by atoms with Gasteiger partial charge in [-0.05, 0) is 0 Å². The number of hydrogen-bond donors (Lipinski definition) is 1. The number of rotatable bonds is 2. The number of hydrogen-bond acceptors (Lipinski definition) is 2. The zero-order chi connectivity index (χ0) is 9.15. The lowest BCUT2D eigenvalue weighted by atomic mass is 10.2. The SMILES string of the molecule is OCCN1CC[N+]2(CCCC2)CC1.[Br-]. The van der Waals surface area contributed by atoms with E-state index in [1.54, 1.807) is 0 Å². The molecule has 4 heteroatoms. The fourth-order valence-electron chi connectivity index (χ4n) is 2.75. The minimum absolute atomic E-state index is 0. The van der Waals surface area contributed by atoms with Gasteiger partial charge in [0.25, 0.3) is 0 Å². The first-order valence-corrected chi connectivity index (χ1v) is 5.53. The molecule has 0 aromatic carbocycles. The van der Waals surface area contributed by atoms with Crippen LogP contribution in [0.3, 0.4) is 0 Å². The summed E-state index contributed by atoms with van der Waals surface area (Å²) in [6.45, 7) is 9.04. The Morgan fingerprint density at radius 1 is 1.00 bits per heavy atom. The van der Waals surface area contributed by atoms with Gasteiger partial charge in [-0.15, -0.1) is 0 Å². The van der Waals surface area contributed by atoms with Gasteiger partial charge in [0, 0.05) is 32.5 Å². The standard InChI is InChI=1S/C10H21N2O.BrH/c13-10-5-11-3-8-12(9-4-11)6-1-2-7-12;/h13H,1-10H2;1H/q+1;/p-1. The Morgan fingerprint density at radius 2 is 1.57 bits per heavy atom. The molecule has 0 amide bonds. The van der Waals surface area contributed by atoms with E-state index in [4.69, 9.17) is 5.11 Å². The molecule has 0 aliphatic carbocycles. The van der Waals surface area contributed by atoms with Crippen molar-refractivity contribution in [2.24, 2.45) is 0 Å². The van der Waals surface area contributed by atoms with Crippen LogP contribution in [0.4, 0.5) is 0 Å². The highest BCUT2D eigenvalue weighted by molar-refractivity contribution is 4.66. The first-order valence-electron chi connectivity index (χ1n) is 5.53. The van der Waals surface area contributed by atoms with Gasteiger partial charge in [0.2, 0.25) is 0 Å². The van der Waals surface area contributed by atoms with Crippen molar-refractivity contribution in [1.82, 2.24) is 4.90 Å². The highest BCUT2D eigenvalue weighted by Gasteiger charge is 2.35. The molecule has 1 N–H and O–H groups in total. The van der Waals surface area contributed by atoms with Crippen LogP contribution in [-0.4, -0.2) is 66.9 Å². The predicted octanol–water partition coefficient (Wildman–Crippen LogP) is -3.09. The summed E-state index contributed by atoms with van der Waals surface area (Å²) in [4.78, 5) is 2.39. The molecular formula is C10H21BrN2O. The van der Waals surface area contributed by atoms with Gasteiger partial charge in [-0.2, -0.15) is 0 Å². The van der Waals surface area contributed by atoms with Gasteiger partial charge >= 0.3 is 0 Å². The van der Waals surface area contributed by atoms with E-state index in [9.17, 15) is 0 Å². The van der Waals surface area contributed by atoms with Gasteiger partial charge in [-0.1, -0.05) is 0 Å². The van der Waals surface area contributed by atoms with Crippen molar-refractivity contribution in [2.45, 2.75) is 12.8 Å². The van der Waals surface area contributed by atoms with Crippen molar-refractivity contribution in [3.8, 4) is 0 Å². The van der Waals surface area contributed by atoms with Crippen LogP contribution in [0.15, 0.2) is 0 Å². The first-order chi connectivity index (χ1) is 6.35. The molecule has 2 heterocycles. The quantitative estimate of drug-likeness (QED) is 0.535. The Morgan fingerprint density at radius 3 is 2.07 bits per heavy atom. The van der Waals surface area contributed by atoms with E-state index in [-0.39, 0.29) is 17.0 Å². The third kappa shape index (κ3) is 2.69.